The second-order valence-corrected chi connectivity index (χ2v) is 9.26. The number of fused-ring (bicyclic) bond motifs is 3. The second kappa shape index (κ2) is 7.78. The summed E-state index contributed by atoms with van der Waals surface area (Å²) in [6.45, 7) is 6.27. The summed E-state index contributed by atoms with van der Waals surface area (Å²) in [5.41, 5.74) is 3.16. The van der Waals surface area contributed by atoms with Crippen LogP contribution in [0, 0.1) is 11.8 Å². The lowest BCUT2D eigenvalue weighted by atomic mass is 10.0. The van der Waals surface area contributed by atoms with Crippen molar-refractivity contribution in [2.45, 2.75) is 38.1 Å². The summed E-state index contributed by atoms with van der Waals surface area (Å²) >= 11 is 1.84. The predicted octanol–water partition coefficient (Wildman–Crippen LogP) is 3.86. The molecular formula is C23H30N4S. The minimum atomic E-state index is 0.522. The molecule has 0 bridgehead atoms. The van der Waals surface area contributed by atoms with E-state index in [0.717, 1.165) is 49.9 Å². The fraction of sp³-hybridized carbons (Fsp3) is 0.522. The molecule has 1 saturated carbocycles. The number of piperidine rings is 1. The van der Waals surface area contributed by atoms with Crippen molar-refractivity contribution < 1.29 is 0 Å². The van der Waals surface area contributed by atoms with Gasteiger partial charge in [0.2, 0.25) is 0 Å². The average Bonchev–Trinajstić information content (AvgIpc) is 3.08. The van der Waals surface area contributed by atoms with Crippen molar-refractivity contribution in [2.75, 3.05) is 31.1 Å². The smallest absolute Gasteiger partial charge is 0.191 e. The number of hydrogen-bond donors (Lipinski definition) is 2. The Kier molecular flexibility index (Phi) is 5.02. The van der Waals surface area contributed by atoms with Gasteiger partial charge in [-0.25, -0.2) is 0 Å². The van der Waals surface area contributed by atoms with Crippen molar-refractivity contribution >= 4 is 22.3 Å². The van der Waals surface area contributed by atoms with Crippen molar-refractivity contribution in [2.24, 2.45) is 16.8 Å². The van der Waals surface area contributed by atoms with Crippen LogP contribution in [0.5, 0.6) is 0 Å². The molecule has 2 N–H and O–H groups in total. The monoisotopic (exact) mass is 394 g/mol. The molecule has 2 heterocycles. The fourth-order valence-corrected chi connectivity index (χ4v) is 5.92. The van der Waals surface area contributed by atoms with Crippen LogP contribution < -0.4 is 15.5 Å². The van der Waals surface area contributed by atoms with Gasteiger partial charge in [0.1, 0.15) is 0 Å². The predicted molar refractivity (Wildman–Crippen MR) is 119 cm³/mol. The molecule has 0 amide bonds. The molecule has 2 aromatic rings. The molecular weight excluding hydrogens is 364 g/mol. The maximum absolute atomic E-state index is 4.98. The van der Waals surface area contributed by atoms with Crippen LogP contribution in [0.15, 0.2) is 46.8 Å². The maximum Gasteiger partial charge on any atom is 0.191 e. The number of aliphatic imine (C=N–C) groups is 1. The van der Waals surface area contributed by atoms with Crippen LogP contribution in [-0.4, -0.2) is 38.2 Å². The third-order valence-corrected chi connectivity index (χ3v) is 7.59. The molecule has 148 valence electrons. The standard InChI is InChI=1S/C23H30N4S/c1-2-24-23(26-17-9-11-27(12-10-17)21-8-5-13-28-21)25-15-20-19-14-16-6-3-4-7-18(16)22(19)20/h3-8,13,17,19-20,22H,2,9-12,14-15H2,1H3,(H2,24,25,26). The minimum absolute atomic E-state index is 0.522. The number of nitrogens with zero attached hydrogens (tertiary/aromatic N) is 2. The van der Waals surface area contributed by atoms with Gasteiger partial charge in [-0.3, -0.25) is 4.99 Å². The van der Waals surface area contributed by atoms with E-state index < -0.39 is 0 Å². The quantitative estimate of drug-likeness (QED) is 0.598. The van der Waals surface area contributed by atoms with Gasteiger partial charge in [-0.05, 0) is 72.6 Å². The van der Waals surface area contributed by atoms with Crippen molar-refractivity contribution in [1.29, 1.82) is 0 Å². The third kappa shape index (κ3) is 3.52. The van der Waals surface area contributed by atoms with E-state index in [0.29, 0.717) is 6.04 Å². The molecule has 0 radical (unpaired) electrons. The van der Waals surface area contributed by atoms with Crippen molar-refractivity contribution in [3.05, 3.63) is 52.9 Å². The molecule has 1 aliphatic heterocycles. The SMILES string of the molecule is CCNC(=NCC1C2Cc3ccccc3C12)NC1CCN(c2cccs2)CC1. The Bertz CT molecular complexity index is 823. The molecule has 3 unspecified atom stereocenters. The van der Waals surface area contributed by atoms with Crippen LogP contribution in [0.1, 0.15) is 36.8 Å². The fourth-order valence-electron chi connectivity index (χ4n) is 5.14. The number of rotatable bonds is 5. The van der Waals surface area contributed by atoms with Crippen molar-refractivity contribution in [1.82, 2.24) is 10.6 Å². The van der Waals surface area contributed by atoms with Gasteiger partial charge in [-0.1, -0.05) is 24.3 Å². The van der Waals surface area contributed by atoms with Crippen molar-refractivity contribution in [3.63, 3.8) is 0 Å². The lowest BCUT2D eigenvalue weighted by molar-refractivity contribution is 0.462. The number of guanidine groups is 1. The molecule has 1 saturated heterocycles. The lowest BCUT2D eigenvalue weighted by Gasteiger charge is -2.33. The summed E-state index contributed by atoms with van der Waals surface area (Å²) in [4.78, 5) is 7.49. The van der Waals surface area contributed by atoms with Gasteiger partial charge in [0, 0.05) is 32.2 Å². The van der Waals surface area contributed by atoms with E-state index in [1.54, 1.807) is 11.1 Å². The summed E-state index contributed by atoms with van der Waals surface area (Å²) in [6, 6.07) is 13.9. The zero-order valence-electron chi connectivity index (χ0n) is 16.6. The highest BCUT2D eigenvalue weighted by Crippen LogP contribution is 2.61. The highest BCUT2D eigenvalue weighted by Gasteiger charge is 2.54. The molecule has 1 aromatic heterocycles. The first-order chi connectivity index (χ1) is 13.8. The van der Waals surface area contributed by atoms with E-state index in [-0.39, 0.29) is 0 Å². The van der Waals surface area contributed by atoms with Crippen LogP contribution in [0.2, 0.25) is 0 Å². The zero-order chi connectivity index (χ0) is 18.9. The van der Waals surface area contributed by atoms with Gasteiger partial charge in [-0.2, -0.15) is 0 Å². The molecule has 3 atom stereocenters. The van der Waals surface area contributed by atoms with E-state index in [1.807, 2.05) is 11.3 Å². The molecule has 2 aliphatic carbocycles. The Morgan fingerprint density at radius 2 is 2.04 bits per heavy atom. The molecule has 28 heavy (non-hydrogen) atoms. The molecule has 1 aromatic carbocycles. The normalized spacial score (nSPS) is 26.7. The zero-order valence-corrected chi connectivity index (χ0v) is 17.4. The van der Waals surface area contributed by atoms with Crippen LogP contribution in [0.25, 0.3) is 0 Å². The molecule has 0 spiro atoms. The minimum Gasteiger partial charge on any atom is -0.363 e. The van der Waals surface area contributed by atoms with E-state index in [1.165, 1.54) is 24.3 Å². The Labute approximate surface area is 172 Å². The number of nitrogens with one attached hydrogen (secondary N) is 2. The molecule has 3 aliphatic rings. The Morgan fingerprint density at radius 3 is 2.82 bits per heavy atom. The first-order valence-electron chi connectivity index (χ1n) is 10.7. The van der Waals surface area contributed by atoms with E-state index in [4.69, 9.17) is 4.99 Å². The maximum atomic E-state index is 4.98. The topological polar surface area (TPSA) is 39.7 Å². The average molecular weight is 395 g/mol. The lowest BCUT2D eigenvalue weighted by Crippen LogP contribution is -2.48. The number of anilines is 1. The first-order valence-corrected chi connectivity index (χ1v) is 11.6. The Balaban J connectivity index is 1.15. The number of hydrogen-bond acceptors (Lipinski definition) is 3. The molecule has 5 rings (SSSR count). The van der Waals surface area contributed by atoms with Crippen LogP contribution in [0.3, 0.4) is 0 Å². The summed E-state index contributed by atoms with van der Waals surface area (Å²) in [5, 5.41) is 10.7. The van der Waals surface area contributed by atoms with Gasteiger partial charge in [0.05, 0.1) is 5.00 Å². The largest absolute Gasteiger partial charge is 0.363 e. The van der Waals surface area contributed by atoms with Gasteiger partial charge in [-0.15, -0.1) is 11.3 Å². The Morgan fingerprint density at radius 1 is 1.18 bits per heavy atom. The summed E-state index contributed by atoms with van der Waals surface area (Å²) in [7, 11) is 0. The van der Waals surface area contributed by atoms with Crippen molar-refractivity contribution in [3.8, 4) is 0 Å². The van der Waals surface area contributed by atoms with Gasteiger partial charge < -0.3 is 15.5 Å². The van der Waals surface area contributed by atoms with E-state index in [9.17, 15) is 0 Å². The van der Waals surface area contributed by atoms with E-state index >= 15 is 0 Å². The highest BCUT2D eigenvalue weighted by molar-refractivity contribution is 7.14. The number of thiophene rings is 1. The van der Waals surface area contributed by atoms with Gasteiger partial charge in [0.25, 0.3) is 0 Å². The summed E-state index contributed by atoms with van der Waals surface area (Å²) < 4.78 is 0. The van der Waals surface area contributed by atoms with Gasteiger partial charge in [0.15, 0.2) is 5.96 Å². The molecule has 5 heteroatoms. The Hall–Kier alpha value is -2.01. The first kappa shape index (κ1) is 18.0. The third-order valence-electron chi connectivity index (χ3n) is 6.66. The summed E-state index contributed by atoms with van der Waals surface area (Å²) in [5.74, 6) is 3.34. The van der Waals surface area contributed by atoms with Gasteiger partial charge >= 0.3 is 0 Å². The highest BCUT2D eigenvalue weighted by atomic mass is 32.1. The summed E-state index contributed by atoms with van der Waals surface area (Å²) in [6.07, 6.45) is 3.60. The molecule has 2 fully saturated rings. The van der Waals surface area contributed by atoms with Crippen LogP contribution in [0.4, 0.5) is 5.00 Å². The van der Waals surface area contributed by atoms with Crippen LogP contribution >= 0.6 is 11.3 Å². The van der Waals surface area contributed by atoms with Crippen LogP contribution in [-0.2, 0) is 6.42 Å². The van der Waals surface area contributed by atoms with E-state index in [2.05, 4.69) is 64.2 Å². The second-order valence-electron chi connectivity index (χ2n) is 8.33. The number of benzene rings is 1. The molecule has 4 nitrogen and oxygen atoms in total.